The van der Waals surface area contributed by atoms with E-state index < -0.39 is 0 Å². The van der Waals surface area contributed by atoms with E-state index in [1.54, 1.807) is 11.3 Å². The minimum absolute atomic E-state index is 0. The molecule has 0 aliphatic carbocycles. The number of nitrogens with two attached hydrogens (primary N) is 1. The average molecular weight is 349 g/mol. The first-order valence-electron chi connectivity index (χ1n) is 5.43. The quantitative estimate of drug-likeness (QED) is 0.890. The molecule has 0 bridgehead atoms. The summed E-state index contributed by atoms with van der Waals surface area (Å²) in [4.78, 5) is 1.14. The monoisotopic (exact) mass is 347 g/mol. The zero-order valence-corrected chi connectivity index (χ0v) is 13.1. The van der Waals surface area contributed by atoms with E-state index in [4.69, 9.17) is 10.5 Å². The van der Waals surface area contributed by atoms with Gasteiger partial charge in [0.2, 0.25) is 0 Å². The van der Waals surface area contributed by atoms with Crippen LogP contribution in [0.5, 0.6) is 5.75 Å². The normalized spacial score (nSPS) is 11.7. The molecular weight excluding hydrogens is 334 g/mol. The van der Waals surface area contributed by atoms with Gasteiger partial charge in [0.1, 0.15) is 5.75 Å². The lowest BCUT2D eigenvalue weighted by molar-refractivity contribution is 0.335. The second-order valence-electron chi connectivity index (χ2n) is 3.61. The molecule has 1 aromatic heterocycles. The molecule has 0 fully saturated rings. The van der Waals surface area contributed by atoms with Crippen molar-refractivity contribution in [3.05, 3.63) is 50.6 Å². The molecule has 0 amide bonds. The van der Waals surface area contributed by atoms with Crippen molar-refractivity contribution in [2.24, 2.45) is 5.73 Å². The van der Waals surface area contributed by atoms with E-state index in [0.717, 1.165) is 20.7 Å². The minimum Gasteiger partial charge on any atom is -0.494 e. The lowest BCUT2D eigenvalue weighted by Gasteiger charge is -2.15. The molecule has 0 radical (unpaired) electrons. The molecule has 18 heavy (non-hydrogen) atoms. The number of rotatable bonds is 4. The number of benzene rings is 1. The van der Waals surface area contributed by atoms with Crippen molar-refractivity contribution >= 4 is 39.7 Å². The molecular formula is C13H15BrClNOS. The summed E-state index contributed by atoms with van der Waals surface area (Å²) < 4.78 is 6.63. The zero-order chi connectivity index (χ0) is 12.3. The molecule has 1 heterocycles. The number of hydrogen-bond acceptors (Lipinski definition) is 3. The van der Waals surface area contributed by atoms with Crippen LogP contribution in [0.2, 0.25) is 0 Å². The van der Waals surface area contributed by atoms with Crippen LogP contribution in [0.3, 0.4) is 0 Å². The van der Waals surface area contributed by atoms with E-state index >= 15 is 0 Å². The molecule has 0 unspecified atom stereocenters. The van der Waals surface area contributed by atoms with Gasteiger partial charge in [-0.15, -0.1) is 23.7 Å². The molecule has 2 aromatic rings. The number of ether oxygens (including phenoxy) is 1. The van der Waals surface area contributed by atoms with Crippen LogP contribution < -0.4 is 10.5 Å². The van der Waals surface area contributed by atoms with E-state index in [1.807, 2.05) is 42.6 Å². The molecule has 1 atom stereocenters. The van der Waals surface area contributed by atoms with Gasteiger partial charge in [0.25, 0.3) is 0 Å². The minimum atomic E-state index is -0.131. The summed E-state index contributed by atoms with van der Waals surface area (Å²) in [7, 11) is 0. The number of thiophene rings is 1. The van der Waals surface area contributed by atoms with Crippen molar-refractivity contribution in [2.45, 2.75) is 13.0 Å². The molecule has 0 spiro atoms. The van der Waals surface area contributed by atoms with E-state index in [0.29, 0.717) is 6.61 Å². The summed E-state index contributed by atoms with van der Waals surface area (Å²) in [5.74, 6) is 0.858. The first kappa shape index (κ1) is 15.5. The molecule has 0 aliphatic rings. The smallest absolute Gasteiger partial charge is 0.124 e. The Morgan fingerprint density at radius 1 is 1.39 bits per heavy atom. The Kier molecular flexibility index (Phi) is 6.15. The van der Waals surface area contributed by atoms with Gasteiger partial charge in [-0.3, -0.25) is 0 Å². The Morgan fingerprint density at radius 3 is 2.78 bits per heavy atom. The van der Waals surface area contributed by atoms with Crippen LogP contribution in [0.1, 0.15) is 23.4 Å². The maximum atomic E-state index is 6.27. The topological polar surface area (TPSA) is 35.2 Å². The third-order valence-electron chi connectivity index (χ3n) is 2.46. The molecule has 2 nitrogen and oxygen atoms in total. The molecule has 0 saturated heterocycles. The fourth-order valence-corrected chi connectivity index (χ4v) is 2.79. The van der Waals surface area contributed by atoms with Crippen molar-refractivity contribution in [2.75, 3.05) is 6.61 Å². The highest BCUT2D eigenvalue weighted by atomic mass is 79.9. The summed E-state index contributed by atoms with van der Waals surface area (Å²) in [6.07, 6.45) is 0. The fourth-order valence-electron chi connectivity index (χ4n) is 1.67. The summed E-state index contributed by atoms with van der Waals surface area (Å²) in [5, 5.41) is 2.04. The van der Waals surface area contributed by atoms with Gasteiger partial charge < -0.3 is 10.5 Å². The van der Waals surface area contributed by atoms with Crippen molar-refractivity contribution in [1.29, 1.82) is 0 Å². The van der Waals surface area contributed by atoms with Crippen LogP contribution in [-0.2, 0) is 0 Å². The predicted octanol–water partition coefficient (Wildman–Crippen LogP) is 4.38. The molecule has 0 aliphatic heterocycles. The van der Waals surface area contributed by atoms with Crippen molar-refractivity contribution in [3.63, 3.8) is 0 Å². The molecule has 98 valence electrons. The fraction of sp³-hybridized carbons (Fsp3) is 0.231. The Balaban J connectivity index is 0.00000162. The van der Waals surface area contributed by atoms with Crippen LogP contribution in [0.15, 0.2) is 40.2 Å². The van der Waals surface area contributed by atoms with Crippen molar-refractivity contribution in [1.82, 2.24) is 0 Å². The third kappa shape index (κ3) is 3.48. The summed E-state index contributed by atoms with van der Waals surface area (Å²) in [5.41, 5.74) is 7.29. The Morgan fingerprint density at radius 2 is 2.17 bits per heavy atom. The highest BCUT2D eigenvalue weighted by Gasteiger charge is 2.15. The zero-order valence-electron chi connectivity index (χ0n) is 9.93. The first-order chi connectivity index (χ1) is 8.22. The van der Waals surface area contributed by atoms with E-state index in [2.05, 4.69) is 15.9 Å². The highest BCUT2D eigenvalue weighted by molar-refractivity contribution is 9.10. The van der Waals surface area contributed by atoms with Crippen LogP contribution in [0.25, 0.3) is 0 Å². The van der Waals surface area contributed by atoms with E-state index in [9.17, 15) is 0 Å². The van der Waals surface area contributed by atoms with E-state index in [-0.39, 0.29) is 18.4 Å². The van der Waals surface area contributed by atoms with Gasteiger partial charge in [-0.1, -0.05) is 22.0 Å². The van der Waals surface area contributed by atoms with Gasteiger partial charge in [-0.25, -0.2) is 0 Å². The molecule has 1 aromatic carbocycles. The van der Waals surface area contributed by atoms with Crippen LogP contribution >= 0.6 is 39.7 Å². The molecule has 5 heteroatoms. The average Bonchev–Trinajstić information content (AvgIpc) is 2.84. The van der Waals surface area contributed by atoms with Gasteiger partial charge in [0.05, 0.1) is 12.6 Å². The Labute approximate surface area is 126 Å². The van der Waals surface area contributed by atoms with Crippen LogP contribution in [0.4, 0.5) is 0 Å². The van der Waals surface area contributed by atoms with Gasteiger partial charge in [-0.2, -0.15) is 0 Å². The summed E-state index contributed by atoms with van der Waals surface area (Å²) >= 11 is 5.13. The second kappa shape index (κ2) is 7.14. The summed E-state index contributed by atoms with van der Waals surface area (Å²) in [6.45, 7) is 2.62. The predicted molar refractivity (Wildman–Crippen MR) is 82.9 cm³/mol. The number of hydrogen-bond donors (Lipinski definition) is 1. The third-order valence-corrected chi connectivity index (χ3v) is 3.91. The maximum Gasteiger partial charge on any atom is 0.124 e. The van der Waals surface area contributed by atoms with Gasteiger partial charge in [0.15, 0.2) is 0 Å². The lowest BCUT2D eigenvalue weighted by Crippen LogP contribution is -2.12. The van der Waals surface area contributed by atoms with Crippen molar-refractivity contribution in [3.8, 4) is 5.75 Å². The lowest BCUT2D eigenvalue weighted by atomic mass is 10.1. The van der Waals surface area contributed by atoms with Crippen molar-refractivity contribution < 1.29 is 4.74 Å². The Bertz CT molecular complexity index is 490. The molecule has 2 rings (SSSR count). The van der Waals surface area contributed by atoms with Gasteiger partial charge in [-0.05, 0) is 36.6 Å². The van der Waals surface area contributed by atoms with Crippen LogP contribution in [0, 0.1) is 0 Å². The standard InChI is InChI=1S/C13H14BrNOS.ClH/c1-2-16-11-6-5-9(14)8-10(11)13(15)12-4-3-7-17-12;/h3-8,13H,2,15H2,1H3;1H/t13-;/m1./s1. The first-order valence-corrected chi connectivity index (χ1v) is 7.11. The maximum absolute atomic E-state index is 6.27. The van der Waals surface area contributed by atoms with E-state index in [1.165, 1.54) is 0 Å². The second-order valence-corrected chi connectivity index (χ2v) is 5.50. The number of halogens is 2. The largest absolute Gasteiger partial charge is 0.494 e. The SMILES string of the molecule is CCOc1ccc(Br)cc1[C@@H](N)c1cccs1.Cl. The van der Waals surface area contributed by atoms with Crippen LogP contribution in [-0.4, -0.2) is 6.61 Å². The highest BCUT2D eigenvalue weighted by Crippen LogP contribution is 2.32. The Hall–Kier alpha value is -0.550. The summed E-state index contributed by atoms with van der Waals surface area (Å²) in [6, 6.07) is 9.88. The molecule has 0 saturated carbocycles. The van der Waals surface area contributed by atoms with Gasteiger partial charge in [0, 0.05) is 14.9 Å². The van der Waals surface area contributed by atoms with Gasteiger partial charge >= 0.3 is 0 Å². The molecule has 2 N–H and O–H groups in total.